The number of fused-ring (bicyclic) bond motifs is 1. The van der Waals surface area contributed by atoms with Crippen LogP contribution >= 0.6 is 12.6 Å². The minimum absolute atomic E-state index is 0.477. The van der Waals surface area contributed by atoms with Crippen molar-refractivity contribution in [1.82, 2.24) is 19.6 Å². The fraction of sp³-hybridized carbons (Fsp3) is 0.286. The molecule has 0 saturated carbocycles. The molecular formula is C7H8N4S. The molecule has 2 rings (SSSR count). The summed E-state index contributed by atoms with van der Waals surface area (Å²) in [7, 11) is 0. The molecule has 0 amide bonds. The number of rotatable bonds is 0. The van der Waals surface area contributed by atoms with Crippen LogP contribution in [0, 0.1) is 13.8 Å². The Balaban J connectivity index is 2.88. The van der Waals surface area contributed by atoms with Crippen molar-refractivity contribution in [2.24, 2.45) is 0 Å². The van der Waals surface area contributed by atoms with Gasteiger partial charge in [0.1, 0.15) is 5.82 Å². The molecule has 0 N–H and O–H groups in total. The summed E-state index contributed by atoms with van der Waals surface area (Å²) in [6, 6.07) is 1.87. The van der Waals surface area contributed by atoms with E-state index < -0.39 is 0 Å². The highest BCUT2D eigenvalue weighted by molar-refractivity contribution is 7.80. The van der Waals surface area contributed by atoms with Gasteiger partial charge in [-0.15, -0.1) is 17.7 Å². The van der Waals surface area contributed by atoms with Gasteiger partial charge in [-0.1, -0.05) is 0 Å². The molecule has 4 nitrogen and oxygen atoms in total. The Morgan fingerprint density at radius 3 is 2.83 bits per heavy atom. The van der Waals surface area contributed by atoms with Crippen LogP contribution in [0.1, 0.15) is 11.5 Å². The summed E-state index contributed by atoms with van der Waals surface area (Å²) < 4.78 is 1.68. The highest BCUT2D eigenvalue weighted by Gasteiger charge is 2.03. The number of nitrogens with zero attached hydrogens (tertiary/aromatic N) is 4. The maximum Gasteiger partial charge on any atom is 0.206 e. The Hall–Kier alpha value is -1.10. The van der Waals surface area contributed by atoms with Crippen molar-refractivity contribution in [2.75, 3.05) is 0 Å². The second kappa shape index (κ2) is 2.45. The van der Waals surface area contributed by atoms with E-state index in [9.17, 15) is 0 Å². The Morgan fingerprint density at radius 1 is 1.33 bits per heavy atom. The van der Waals surface area contributed by atoms with Gasteiger partial charge in [0.15, 0.2) is 5.65 Å². The molecule has 0 atom stereocenters. The first-order valence-electron chi connectivity index (χ1n) is 3.57. The molecule has 5 heteroatoms. The highest BCUT2D eigenvalue weighted by Crippen LogP contribution is 2.06. The molecule has 0 bridgehead atoms. The first-order chi connectivity index (χ1) is 5.66. The van der Waals surface area contributed by atoms with E-state index in [-0.39, 0.29) is 0 Å². The van der Waals surface area contributed by atoms with Crippen molar-refractivity contribution >= 4 is 18.3 Å². The maximum atomic E-state index is 4.24. The van der Waals surface area contributed by atoms with Gasteiger partial charge >= 0.3 is 0 Å². The van der Waals surface area contributed by atoms with Crippen molar-refractivity contribution in [1.29, 1.82) is 0 Å². The molecule has 0 saturated heterocycles. The molecule has 0 aromatic carbocycles. The number of hydrogen-bond donors (Lipinski definition) is 1. The largest absolute Gasteiger partial charge is 0.238 e. The van der Waals surface area contributed by atoms with E-state index in [1.807, 2.05) is 19.9 Å². The van der Waals surface area contributed by atoms with Crippen LogP contribution < -0.4 is 0 Å². The van der Waals surface area contributed by atoms with Crippen LogP contribution in [0.5, 0.6) is 0 Å². The number of hydrogen-bond acceptors (Lipinski definition) is 4. The third-order valence-corrected chi connectivity index (χ3v) is 1.79. The average Bonchev–Trinajstić information content (AvgIpc) is 2.29. The molecule has 2 aromatic heterocycles. The van der Waals surface area contributed by atoms with Gasteiger partial charge in [-0.3, -0.25) is 0 Å². The van der Waals surface area contributed by atoms with E-state index >= 15 is 0 Å². The van der Waals surface area contributed by atoms with Gasteiger partial charge in [-0.2, -0.15) is 4.52 Å². The van der Waals surface area contributed by atoms with Gasteiger partial charge in [0.05, 0.1) is 0 Å². The lowest BCUT2D eigenvalue weighted by Crippen LogP contribution is -1.98. The van der Waals surface area contributed by atoms with E-state index in [1.54, 1.807) is 4.52 Å². The molecule has 0 spiro atoms. The molecule has 62 valence electrons. The number of aryl methyl sites for hydroxylation is 2. The molecule has 0 aliphatic heterocycles. The maximum absolute atomic E-state index is 4.24. The van der Waals surface area contributed by atoms with Crippen LogP contribution in [0.25, 0.3) is 5.65 Å². The summed E-state index contributed by atoms with van der Waals surface area (Å²) in [6.45, 7) is 3.82. The van der Waals surface area contributed by atoms with Crippen LogP contribution in [0.3, 0.4) is 0 Å². The Morgan fingerprint density at radius 2 is 2.08 bits per heavy atom. The molecule has 2 aromatic rings. The quantitative estimate of drug-likeness (QED) is 0.616. The van der Waals surface area contributed by atoms with Crippen molar-refractivity contribution in [3.8, 4) is 0 Å². The van der Waals surface area contributed by atoms with E-state index in [0.717, 1.165) is 17.2 Å². The van der Waals surface area contributed by atoms with Crippen LogP contribution in [-0.4, -0.2) is 19.6 Å². The first-order valence-corrected chi connectivity index (χ1v) is 4.01. The Labute approximate surface area is 75.1 Å². The summed E-state index contributed by atoms with van der Waals surface area (Å²) in [5, 5.41) is 4.54. The van der Waals surface area contributed by atoms with Crippen molar-refractivity contribution in [3.05, 3.63) is 17.6 Å². The monoisotopic (exact) mass is 180 g/mol. The highest BCUT2D eigenvalue weighted by atomic mass is 32.1. The molecular weight excluding hydrogens is 172 g/mol. The van der Waals surface area contributed by atoms with E-state index in [1.165, 1.54) is 0 Å². The minimum Gasteiger partial charge on any atom is -0.238 e. The zero-order valence-corrected chi connectivity index (χ0v) is 7.71. The Kier molecular flexibility index (Phi) is 1.54. The lowest BCUT2D eigenvalue weighted by Gasteiger charge is -1.97. The average molecular weight is 180 g/mol. The van der Waals surface area contributed by atoms with Gasteiger partial charge in [-0.05, 0) is 13.8 Å². The third-order valence-electron chi connectivity index (χ3n) is 1.60. The first kappa shape index (κ1) is 7.54. The molecule has 0 aliphatic carbocycles. The summed E-state index contributed by atoms with van der Waals surface area (Å²) in [4.78, 5) is 8.35. The lowest BCUT2D eigenvalue weighted by atomic mass is 10.4. The smallest absolute Gasteiger partial charge is 0.206 e. The van der Waals surface area contributed by atoms with Gasteiger partial charge in [0.2, 0.25) is 5.16 Å². The molecule has 0 aliphatic rings. The normalized spacial score (nSPS) is 10.9. The number of thiol groups is 1. The summed E-state index contributed by atoms with van der Waals surface area (Å²) >= 11 is 4.05. The minimum atomic E-state index is 0.477. The second-order valence-corrected chi connectivity index (χ2v) is 3.03. The van der Waals surface area contributed by atoms with Gasteiger partial charge < -0.3 is 0 Å². The van der Waals surface area contributed by atoms with Crippen molar-refractivity contribution in [2.45, 2.75) is 19.0 Å². The standard InChI is InChI=1S/C7H8N4S/c1-4-3-6-9-7(12)10-11(6)5(2)8-4/h3H,1-2H3,(H,10,12). The summed E-state index contributed by atoms with van der Waals surface area (Å²) in [6.07, 6.45) is 0. The fourth-order valence-electron chi connectivity index (χ4n) is 1.17. The Bertz CT molecular complexity index is 434. The SMILES string of the molecule is Cc1cc2nc(S)nn2c(C)n1. The lowest BCUT2D eigenvalue weighted by molar-refractivity contribution is 0.817. The van der Waals surface area contributed by atoms with Crippen LogP contribution in [0.2, 0.25) is 0 Å². The molecule has 0 radical (unpaired) electrons. The number of aromatic nitrogens is 4. The van der Waals surface area contributed by atoms with Gasteiger partial charge in [-0.25, -0.2) is 9.97 Å². The molecule has 0 unspecified atom stereocenters. The van der Waals surface area contributed by atoms with E-state index in [4.69, 9.17) is 0 Å². The van der Waals surface area contributed by atoms with E-state index in [0.29, 0.717) is 5.16 Å². The van der Waals surface area contributed by atoms with E-state index in [2.05, 4.69) is 27.7 Å². The van der Waals surface area contributed by atoms with Gasteiger partial charge in [0.25, 0.3) is 0 Å². The molecule has 2 heterocycles. The zero-order valence-electron chi connectivity index (χ0n) is 6.81. The fourth-order valence-corrected chi connectivity index (χ4v) is 1.36. The zero-order chi connectivity index (χ0) is 8.72. The molecule has 0 fully saturated rings. The summed E-state index contributed by atoms with van der Waals surface area (Å²) in [5.74, 6) is 0.831. The molecule has 12 heavy (non-hydrogen) atoms. The van der Waals surface area contributed by atoms with Crippen molar-refractivity contribution in [3.63, 3.8) is 0 Å². The predicted octanol–water partition coefficient (Wildman–Crippen LogP) is 1.03. The van der Waals surface area contributed by atoms with Crippen LogP contribution in [0.4, 0.5) is 0 Å². The van der Waals surface area contributed by atoms with Crippen LogP contribution in [0.15, 0.2) is 11.2 Å². The third kappa shape index (κ3) is 1.06. The van der Waals surface area contributed by atoms with Crippen LogP contribution in [-0.2, 0) is 0 Å². The summed E-state index contributed by atoms with van der Waals surface area (Å²) in [5.41, 5.74) is 1.74. The van der Waals surface area contributed by atoms with Gasteiger partial charge in [0, 0.05) is 11.8 Å². The second-order valence-electron chi connectivity index (χ2n) is 2.63. The predicted molar refractivity (Wildman–Crippen MR) is 47.5 cm³/mol. The topological polar surface area (TPSA) is 43.1 Å². The van der Waals surface area contributed by atoms with Crippen molar-refractivity contribution < 1.29 is 0 Å².